The molecule has 1 aromatic heterocycles. The summed E-state index contributed by atoms with van der Waals surface area (Å²) in [5.41, 5.74) is -0.908. The fourth-order valence-electron chi connectivity index (χ4n) is 4.73. The van der Waals surface area contributed by atoms with Crippen LogP contribution in [-0.4, -0.2) is 68.6 Å². The Kier molecular flexibility index (Phi) is 11.4. The van der Waals surface area contributed by atoms with Crippen LogP contribution in [0.4, 0.5) is 39.3 Å². The third-order valence-corrected chi connectivity index (χ3v) is 10.1. The van der Waals surface area contributed by atoms with Gasteiger partial charge in [0.1, 0.15) is 35.6 Å². The maximum atomic E-state index is 13.8. The van der Waals surface area contributed by atoms with Crippen molar-refractivity contribution in [2.24, 2.45) is 11.8 Å². The van der Waals surface area contributed by atoms with Gasteiger partial charge in [0.2, 0.25) is 10.0 Å². The summed E-state index contributed by atoms with van der Waals surface area (Å²) < 4.78 is 99.5. The van der Waals surface area contributed by atoms with Crippen LogP contribution in [0.1, 0.15) is 43.1 Å². The largest absolute Gasteiger partial charge is 0.491 e. The van der Waals surface area contributed by atoms with Gasteiger partial charge < -0.3 is 25.8 Å². The molecule has 0 saturated heterocycles. The molecule has 1 amide bonds. The van der Waals surface area contributed by atoms with Crippen LogP contribution in [0.15, 0.2) is 54.6 Å². The maximum absolute atomic E-state index is 13.8. The second-order valence-corrected chi connectivity index (χ2v) is 14.6. The van der Waals surface area contributed by atoms with Gasteiger partial charge in [0.25, 0.3) is 5.91 Å². The molecule has 4 N–H and O–H groups in total. The Labute approximate surface area is 275 Å². The zero-order valence-corrected chi connectivity index (χ0v) is 27.5. The summed E-state index contributed by atoms with van der Waals surface area (Å²) in [5.74, 6) is -1.80. The zero-order chi connectivity index (χ0) is 35.4. The van der Waals surface area contributed by atoms with Gasteiger partial charge in [-0.05, 0) is 62.4 Å². The first-order valence-electron chi connectivity index (χ1n) is 15.2. The lowest BCUT2D eigenvalue weighted by atomic mass is 10.1. The minimum absolute atomic E-state index is 0.0306. The van der Waals surface area contributed by atoms with Crippen LogP contribution in [0.5, 0.6) is 5.75 Å². The molecule has 262 valence electrons. The average molecular weight is 700 g/mol. The van der Waals surface area contributed by atoms with E-state index < -0.39 is 63.3 Å². The van der Waals surface area contributed by atoms with Gasteiger partial charge in [0.15, 0.2) is 0 Å². The van der Waals surface area contributed by atoms with E-state index in [1.165, 1.54) is 45.2 Å². The molecule has 10 nitrogen and oxygen atoms in total. The second-order valence-electron chi connectivity index (χ2n) is 12.0. The van der Waals surface area contributed by atoms with Gasteiger partial charge in [-0.2, -0.15) is 13.2 Å². The number of rotatable bonds is 15. The molecule has 1 aliphatic rings. The Morgan fingerprint density at radius 3 is 2.35 bits per heavy atom. The van der Waals surface area contributed by atoms with Crippen LogP contribution in [0.2, 0.25) is 0 Å². The molecular formula is C32H38F5N5O5S. The van der Waals surface area contributed by atoms with Gasteiger partial charge in [-0.3, -0.25) is 9.10 Å². The van der Waals surface area contributed by atoms with Crippen LogP contribution in [-0.2, 0) is 16.2 Å². The highest BCUT2D eigenvalue weighted by Crippen LogP contribution is 2.37. The molecule has 48 heavy (non-hydrogen) atoms. The van der Waals surface area contributed by atoms with E-state index in [4.69, 9.17) is 4.74 Å². The van der Waals surface area contributed by atoms with E-state index >= 15 is 0 Å². The summed E-state index contributed by atoms with van der Waals surface area (Å²) in [7, 11) is -2.52. The number of halogens is 5. The average Bonchev–Trinajstić information content (AvgIpc) is 3.73. The van der Waals surface area contributed by atoms with Crippen LogP contribution in [0.3, 0.4) is 0 Å². The molecule has 0 aliphatic heterocycles. The number of hydrogen-bond acceptors (Lipinski definition) is 8. The van der Waals surface area contributed by atoms with E-state index in [0.29, 0.717) is 24.4 Å². The number of sulfonamides is 1. The van der Waals surface area contributed by atoms with E-state index in [1.54, 1.807) is 0 Å². The summed E-state index contributed by atoms with van der Waals surface area (Å²) in [6.07, 6.45) is -5.09. The van der Waals surface area contributed by atoms with E-state index in [-0.39, 0.29) is 35.2 Å². The van der Waals surface area contributed by atoms with Crippen LogP contribution < -0.4 is 25.0 Å². The Morgan fingerprint density at radius 1 is 1.08 bits per heavy atom. The summed E-state index contributed by atoms with van der Waals surface area (Å²) in [6.45, 7) is 4.76. The molecule has 2 aromatic carbocycles. The van der Waals surface area contributed by atoms with Gasteiger partial charge in [-0.25, -0.2) is 22.2 Å². The lowest BCUT2D eigenvalue weighted by Gasteiger charge is -2.26. The molecule has 4 rings (SSSR count). The van der Waals surface area contributed by atoms with Crippen LogP contribution in [0, 0.1) is 23.5 Å². The number of benzene rings is 2. The van der Waals surface area contributed by atoms with Crippen molar-refractivity contribution >= 4 is 33.3 Å². The predicted octanol–water partition coefficient (Wildman–Crippen LogP) is 5.27. The molecule has 1 aliphatic carbocycles. The number of ether oxygens (including phenoxy) is 1. The fourth-order valence-corrected chi connectivity index (χ4v) is 5.72. The summed E-state index contributed by atoms with van der Waals surface area (Å²) in [5, 5.41) is 18.7. The van der Waals surface area contributed by atoms with Gasteiger partial charge in [0.05, 0.1) is 23.0 Å². The van der Waals surface area contributed by atoms with Crippen molar-refractivity contribution in [1.29, 1.82) is 0 Å². The van der Waals surface area contributed by atoms with Crippen molar-refractivity contribution in [3.8, 4) is 5.75 Å². The Bertz CT molecular complexity index is 1690. The summed E-state index contributed by atoms with van der Waals surface area (Å²) in [6, 6.07) is 8.10. The predicted molar refractivity (Wildman–Crippen MR) is 172 cm³/mol. The number of carbonyl (C=O) groups excluding carboxylic acids is 1. The molecule has 0 bridgehead atoms. The van der Waals surface area contributed by atoms with Crippen molar-refractivity contribution in [3.63, 3.8) is 0 Å². The molecule has 4 atom stereocenters. The number of pyridine rings is 1. The lowest BCUT2D eigenvalue weighted by molar-refractivity contribution is -0.137. The van der Waals surface area contributed by atoms with Gasteiger partial charge >= 0.3 is 6.18 Å². The molecule has 1 fully saturated rings. The Hall–Kier alpha value is -4.18. The van der Waals surface area contributed by atoms with Crippen molar-refractivity contribution in [1.82, 2.24) is 10.3 Å². The molecule has 16 heteroatoms. The monoisotopic (exact) mass is 699 g/mol. The number of hydrogen-bond donors (Lipinski definition) is 4. The Morgan fingerprint density at radius 2 is 1.75 bits per heavy atom. The van der Waals surface area contributed by atoms with E-state index in [0.717, 1.165) is 35.0 Å². The lowest BCUT2D eigenvalue weighted by Crippen LogP contribution is -2.49. The number of amides is 1. The Balaban J connectivity index is 1.59. The number of nitrogens with one attached hydrogen (secondary N) is 3. The summed E-state index contributed by atoms with van der Waals surface area (Å²) >= 11 is 0. The molecule has 0 unspecified atom stereocenters. The van der Waals surface area contributed by atoms with Crippen molar-refractivity contribution in [3.05, 3.63) is 77.4 Å². The number of aliphatic hydroxyl groups is 1. The number of nitrogens with zero attached hydrogens (tertiary/aromatic N) is 2. The molecule has 0 radical (unpaired) electrons. The zero-order valence-electron chi connectivity index (χ0n) is 26.7. The number of anilines is 3. The SMILES string of the molecule is CC(C)S(=O)(=O)N(C)c1cc(C(=O)N[C@@H](COc2cc(F)cc(F)c2)[C@H](O)CNc2cccc(C(F)(F)F)c2)cc(NC[C@H]2C[C@@H]2C)n1. The number of carbonyl (C=O) groups is 1. The van der Waals surface area contributed by atoms with E-state index in [2.05, 4.69) is 27.9 Å². The highest BCUT2D eigenvalue weighted by molar-refractivity contribution is 7.93. The third-order valence-electron chi connectivity index (χ3n) is 7.95. The number of aromatic nitrogens is 1. The van der Waals surface area contributed by atoms with E-state index in [9.17, 15) is 40.3 Å². The van der Waals surface area contributed by atoms with Crippen LogP contribution >= 0.6 is 0 Å². The van der Waals surface area contributed by atoms with Crippen LogP contribution in [0.25, 0.3) is 0 Å². The molecule has 1 heterocycles. The molecular weight excluding hydrogens is 661 g/mol. The van der Waals surface area contributed by atoms with Gasteiger partial charge in [-0.15, -0.1) is 0 Å². The number of aliphatic hydroxyl groups excluding tert-OH is 1. The minimum atomic E-state index is -4.60. The first-order chi connectivity index (χ1) is 22.4. The molecule has 3 aromatic rings. The second kappa shape index (κ2) is 14.9. The highest BCUT2D eigenvalue weighted by Gasteiger charge is 2.33. The third kappa shape index (κ3) is 9.69. The fraction of sp³-hybridized carbons (Fsp3) is 0.438. The summed E-state index contributed by atoms with van der Waals surface area (Å²) in [4.78, 5) is 18.1. The van der Waals surface area contributed by atoms with Crippen molar-refractivity contribution in [2.45, 2.75) is 50.8 Å². The minimum Gasteiger partial charge on any atom is -0.491 e. The standard InChI is InChI=1S/C32H38F5N5O5S/c1-18(2)48(45,46)42(4)30-10-20(9-29(41-30)39-15-21-8-19(21)3)31(44)40-27(17-47-26-13-23(33)12-24(34)14-26)28(43)16-38-25-7-5-6-22(11-25)32(35,36)37/h5-7,9-14,18-19,21,27-28,38,43H,8,15-17H2,1-4H3,(H,39,41)(H,40,44)/t19-,21+,27-,28+/m0/s1. The van der Waals surface area contributed by atoms with E-state index in [1.807, 2.05) is 0 Å². The maximum Gasteiger partial charge on any atom is 0.416 e. The normalized spacial score (nSPS) is 17.4. The van der Waals surface area contributed by atoms with Gasteiger partial charge in [-0.1, -0.05) is 13.0 Å². The molecule has 0 spiro atoms. The first-order valence-corrected chi connectivity index (χ1v) is 16.7. The smallest absolute Gasteiger partial charge is 0.416 e. The number of alkyl halides is 3. The van der Waals surface area contributed by atoms with Gasteiger partial charge in [0, 0.05) is 49.6 Å². The first kappa shape index (κ1) is 36.7. The van der Waals surface area contributed by atoms with Crippen molar-refractivity contribution < 1.29 is 45.0 Å². The topological polar surface area (TPSA) is 133 Å². The quantitative estimate of drug-likeness (QED) is 0.158. The highest BCUT2D eigenvalue weighted by atomic mass is 32.2. The molecule has 1 saturated carbocycles. The van der Waals surface area contributed by atoms with Crippen molar-refractivity contribution in [2.75, 3.05) is 41.7 Å².